The maximum Gasteiger partial charge on any atom is 0.168 e. The largest absolute Gasteiger partial charge is 0.373 e. The topological polar surface area (TPSA) is 64.9 Å². The van der Waals surface area contributed by atoms with E-state index in [9.17, 15) is 0 Å². The summed E-state index contributed by atoms with van der Waals surface area (Å²) in [5.41, 5.74) is -0.116. The SMILES string of the molecule is CCCNC(C)c1nnnn1CC1(C)CCCO1. The highest BCUT2D eigenvalue weighted by atomic mass is 16.5. The highest BCUT2D eigenvalue weighted by Gasteiger charge is 2.32. The van der Waals surface area contributed by atoms with Gasteiger partial charge >= 0.3 is 0 Å². The minimum Gasteiger partial charge on any atom is -0.373 e. The number of aromatic nitrogens is 4. The molecule has 2 atom stereocenters. The lowest BCUT2D eigenvalue weighted by molar-refractivity contribution is 0.00222. The van der Waals surface area contributed by atoms with Crippen molar-refractivity contribution in [1.29, 1.82) is 0 Å². The molecule has 1 N–H and O–H groups in total. The van der Waals surface area contributed by atoms with Crippen LogP contribution in [0.15, 0.2) is 0 Å². The molecular formula is C12H23N5O. The molecule has 1 saturated heterocycles. The predicted molar refractivity (Wildman–Crippen MR) is 68.1 cm³/mol. The van der Waals surface area contributed by atoms with Crippen molar-refractivity contribution >= 4 is 0 Å². The maximum atomic E-state index is 5.79. The van der Waals surface area contributed by atoms with Gasteiger partial charge in [-0.05, 0) is 50.1 Å². The van der Waals surface area contributed by atoms with Crippen LogP contribution >= 0.6 is 0 Å². The molecule has 0 bridgehead atoms. The summed E-state index contributed by atoms with van der Waals surface area (Å²) in [6.45, 7) is 8.92. The van der Waals surface area contributed by atoms with Gasteiger partial charge < -0.3 is 10.1 Å². The van der Waals surface area contributed by atoms with Gasteiger partial charge in [-0.25, -0.2) is 4.68 Å². The summed E-state index contributed by atoms with van der Waals surface area (Å²) in [6, 6.07) is 0.171. The van der Waals surface area contributed by atoms with Gasteiger partial charge in [0.05, 0.1) is 18.2 Å². The summed E-state index contributed by atoms with van der Waals surface area (Å²) in [7, 11) is 0. The van der Waals surface area contributed by atoms with Crippen molar-refractivity contribution in [1.82, 2.24) is 25.5 Å². The lowest BCUT2D eigenvalue weighted by atomic mass is 10.0. The number of tetrazole rings is 1. The Kier molecular flexibility index (Phi) is 4.29. The molecule has 0 amide bonds. The van der Waals surface area contributed by atoms with Gasteiger partial charge in [0.1, 0.15) is 0 Å². The second-order valence-electron chi connectivity index (χ2n) is 5.27. The average Bonchev–Trinajstić information content (AvgIpc) is 2.96. The van der Waals surface area contributed by atoms with Gasteiger partial charge in [-0.15, -0.1) is 5.10 Å². The number of ether oxygens (including phenoxy) is 1. The van der Waals surface area contributed by atoms with E-state index in [1.807, 2.05) is 4.68 Å². The van der Waals surface area contributed by atoms with Crippen LogP contribution in [0.2, 0.25) is 0 Å². The first-order valence-electron chi connectivity index (χ1n) is 6.78. The van der Waals surface area contributed by atoms with E-state index in [2.05, 4.69) is 41.6 Å². The highest BCUT2D eigenvalue weighted by Crippen LogP contribution is 2.27. The van der Waals surface area contributed by atoms with E-state index < -0.39 is 0 Å². The Labute approximate surface area is 108 Å². The molecule has 0 spiro atoms. The van der Waals surface area contributed by atoms with E-state index in [1.165, 1.54) is 0 Å². The quantitative estimate of drug-likeness (QED) is 0.828. The fourth-order valence-corrected chi connectivity index (χ4v) is 2.36. The zero-order valence-electron chi connectivity index (χ0n) is 11.5. The van der Waals surface area contributed by atoms with E-state index in [1.54, 1.807) is 0 Å². The van der Waals surface area contributed by atoms with Crippen molar-refractivity contribution in [3.8, 4) is 0 Å². The molecule has 0 radical (unpaired) electrons. The molecule has 18 heavy (non-hydrogen) atoms. The second kappa shape index (κ2) is 5.75. The van der Waals surface area contributed by atoms with Gasteiger partial charge in [-0.3, -0.25) is 0 Å². The minimum absolute atomic E-state index is 0.116. The van der Waals surface area contributed by atoms with Crippen molar-refractivity contribution in [3.63, 3.8) is 0 Å². The third-order valence-electron chi connectivity index (χ3n) is 3.43. The van der Waals surface area contributed by atoms with Crippen molar-refractivity contribution in [2.75, 3.05) is 13.2 Å². The Morgan fingerprint density at radius 1 is 1.56 bits per heavy atom. The van der Waals surface area contributed by atoms with Gasteiger partial charge in [-0.1, -0.05) is 6.92 Å². The lowest BCUT2D eigenvalue weighted by Crippen LogP contribution is -2.32. The van der Waals surface area contributed by atoms with Gasteiger partial charge in [0.15, 0.2) is 5.82 Å². The van der Waals surface area contributed by atoms with Gasteiger partial charge in [0.2, 0.25) is 0 Å². The van der Waals surface area contributed by atoms with E-state index in [0.717, 1.165) is 44.8 Å². The normalized spacial score (nSPS) is 25.5. The Balaban J connectivity index is 2.02. The van der Waals surface area contributed by atoms with Crippen LogP contribution in [0.5, 0.6) is 0 Å². The van der Waals surface area contributed by atoms with E-state index >= 15 is 0 Å². The van der Waals surface area contributed by atoms with Crippen molar-refractivity contribution in [2.24, 2.45) is 0 Å². The van der Waals surface area contributed by atoms with Crippen LogP contribution in [0.1, 0.15) is 51.9 Å². The summed E-state index contributed by atoms with van der Waals surface area (Å²) < 4.78 is 7.67. The summed E-state index contributed by atoms with van der Waals surface area (Å²) in [5.74, 6) is 0.889. The van der Waals surface area contributed by atoms with Gasteiger partial charge in [0.25, 0.3) is 0 Å². The molecule has 2 heterocycles. The third-order valence-corrected chi connectivity index (χ3v) is 3.43. The number of nitrogens with one attached hydrogen (secondary N) is 1. The fraction of sp³-hybridized carbons (Fsp3) is 0.917. The second-order valence-corrected chi connectivity index (χ2v) is 5.27. The van der Waals surface area contributed by atoms with E-state index in [-0.39, 0.29) is 11.6 Å². The fourth-order valence-electron chi connectivity index (χ4n) is 2.36. The molecule has 1 fully saturated rings. The molecule has 102 valence electrons. The zero-order chi connectivity index (χ0) is 13.0. The Morgan fingerprint density at radius 2 is 2.39 bits per heavy atom. The van der Waals surface area contributed by atoms with Crippen molar-refractivity contribution in [3.05, 3.63) is 5.82 Å². The first-order valence-corrected chi connectivity index (χ1v) is 6.78. The van der Waals surface area contributed by atoms with Crippen LogP contribution in [0.4, 0.5) is 0 Å². The zero-order valence-corrected chi connectivity index (χ0v) is 11.5. The molecule has 2 unspecified atom stereocenters. The van der Waals surface area contributed by atoms with Gasteiger partial charge in [-0.2, -0.15) is 0 Å². The monoisotopic (exact) mass is 253 g/mol. The Bertz CT molecular complexity index is 372. The average molecular weight is 253 g/mol. The minimum atomic E-state index is -0.116. The standard InChI is InChI=1S/C12H23N5O/c1-4-7-13-10(2)11-14-15-16-17(11)9-12(3)6-5-8-18-12/h10,13H,4-9H2,1-3H3. The highest BCUT2D eigenvalue weighted by molar-refractivity contribution is 4.92. The van der Waals surface area contributed by atoms with Gasteiger partial charge in [0, 0.05) is 6.61 Å². The molecule has 0 saturated carbocycles. The number of hydrogen-bond donors (Lipinski definition) is 1. The summed E-state index contributed by atoms with van der Waals surface area (Å²) in [4.78, 5) is 0. The van der Waals surface area contributed by atoms with Crippen LogP contribution in [0, 0.1) is 0 Å². The molecule has 0 aromatic carbocycles. The Hall–Kier alpha value is -1.01. The molecule has 0 aliphatic carbocycles. The van der Waals surface area contributed by atoms with Crippen LogP contribution in [-0.4, -0.2) is 39.0 Å². The smallest absolute Gasteiger partial charge is 0.168 e. The van der Waals surface area contributed by atoms with Crippen LogP contribution in [0.25, 0.3) is 0 Å². The van der Waals surface area contributed by atoms with Crippen molar-refractivity contribution in [2.45, 2.75) is 58.2 Å². The molecule has 1 aliphatic heterocycles. The molecule has 6 nitrogen and oxygen atoms in total. The van der Waals surface area contributed by atoms with Crippen LogP contribution in [-0.2, 0) is 11.3 Å². The summed E-state index contributed by atoms with van der Waals surface area (Å²) >= 11 is 0. The molecule has 1 aromatic rings. The first kappa shape index (κ1) is 13.4. The first-order chi connectivity index (χ1) is 8.64. The van der Waals surface area contributed by atoms with Crippen LogP contribution in [0.3, 0.4) is 0 Å². The number of rotatable bonds is 6. The predicted octanol–water partition coefficient (Wildman–Crippen LogP) is 1.30. The number of hydrogen-bond acceptors (Lipinski definition) is 5. The van der Waals surface area contributed by atoms with E-state index in [4.69, 9.17) is 4.74 Å². The maximum absolute atomic E-state index is 5.79. The lowest BCUT2D eigenvalue weighted by Gasteiger charge is -2.24. The third kappa shape index (κ3) is 3.05. The van der Waals surface area contributed by atoms with Crippen LogP contribution < -0.4 is 5.32 Å². The van der Waals surface area contributed by atoms with Crippen molar-refractivity contribution < 1.29 is 4.74 Å². The number of nitrogens with zero attached hydrogens (tertiary/aromatic N) is 4. The summed E-state index contributed by atoms with van der Waals surface area (Å²) in [6.07, 6.45) is 3.30. The molecular weight excluding hydrogens is 230 g/mol. The molecule has 1 aliphatic rings. The van der Waals surface area contributed by atoms with E-state index in [0.29, 0.717) is 0 Å². The molecule has 1 aromatic heterocycles. The molecule has 2 rings (SSSR count). The molecule has 6 heteroatoms. The Morgan fingerprint density at radius 3 is 3.06 bits per heavy atom. The summed E-state index contributed by atoms with van der Waals surface area (Å²) in [5, 5.41) is 15.4.